The number of hydrogen-bond donors (Lipinski definition) is 1. The van der Waals surface area contributed by atoms with Crippen LogP contribution < -0.4 is 0 Å². The van der Waals surface area contributed by atoms with Crippen LogP contribution in [0, 0.1) is 0 Å². The molecule has 0 bridgehead atoms. The quantitative estimate of drug-likeness (QED) is 0.928. The normalized spacial score (nSPS) is 20.8. The number of piperazine rings is 1. The molecule has 2 aromatic carbocycles. The molecule has 134 valence electrons. The molecule has 1 saturated heterocycles. The van der Waals surface area contributed by atoms with Gasteiger partial charge in [-0.15, -0.1) is 0 Å². The van der Waals surface area contributed by atoms with Crippen LogP contribution in [0.3, 0.4) is 0 Å². The van der Waals surface area contributed by atoms with Crippen molar-refractivity contribution in [3.63, 3.8) is 0 Å². The van der Waals surface area contributed by atoms with Gasteiger partial charge in [0, 0.05) is 32.6 Å². The summed E-state index contributed by atoms with van der Waals surface area (Å²) in [6.07, 6.45) is 2.11. The Hall–Kier alpha value is -2.43. The van der Waals surface area contributed by atoms with E-state index < -0.39 is 6.10 Å². The highest BCUT2D eigenvalue weighted by atomic mass is 16.3. The van der Waals surface area contributed by atoms with Crippen molar-refractivity contribution < 1.29 is 5.11 Å². The van der Waals surface area contributed by atoms with Crippen LogP contribution in [0.1, 0.15) is 22.8 Å². The molecule has 0 radical (unpaired) electrons. The van der Waals surface area contributed by atoms with E-state index in [1.54, 1.807) is 0 Å². The van der Waals surface area contributed by atoms with Gasteiger partial charge in [-0.3, -0.25) is 0 Å². The number of likely N-dealkylation sites (N-methyl/N-ethyl adjacent to an activating group) is 1. The third kappa shape index (κ3) is 3.57. The van der Waals surface area contributed by atoms with E-state index in [-0.39, 0.29) is 0 Å². The summed E-state index contributed by atoms with van der Waals surface area (Å²) in [5.41, 5.74) is 3.97. The smallest absolute Gasteiger partial charge is 0.129 e. The van der Waals surface area contributed by atoms with Crippen molar-refractivity contribution in [2.75, 3.05) is 33.2 Å². The zero-order valence-corrected chi connectivity index (χ0v) is 15.2. The summed E-state index contributed by atoms with van der Waals surface area (Å²) in [6, 6.07) is 18.3. The molecule has 2 aliphatic rings. The first kappa shape index (κ1) is 17.0. The molecule has 26 heavy (non-hydrogen) atoms. The number of aliphatic imine (C=N–C) groups is 1. The van der Waals surface area contributed by atoms with Gasteiger partial charge in [0.2, 0.25) is 0 Å². The van der Waals surface area contributed by atoms with Gasteiger partial charge in [0.25, 0.3) is 0 Å². The van der Waals surface area contributed by atoms with Gasteiger partial charge in [-0.1, -0.05) is 54.6 Å². The highest BCUT2D eigenvalue weighted by Gasteiger charge is 2.24. The van der Waals surface area contributed by atoms with E-state index >= 15 is 0 Å². The average molecular weight is 347 g/mol. The molecule has 4 heteroatoms. The van der Waals surface area contributed by atoms with Crippen molar-refractivity contribution in [1.82, 2.24) is 9.80 Å². The third-order valence-electron chi connectivity index (χ3n) is 5.20. The van der Waals surface area contributed by atoms with Crippen molar-refractivity contribution >= 4 is 11.8 Å². The highest BCUT2D eigenvalue weighted by Crippen LogP contribution is 2.29. The molecule has 0 spiro atoms. The lowest BCUT2D eigenvalue weighted by atomic mass is 9.96. The Morgan fingerprint density at radius 3 is 2.42 bits per heavy atom. The van der Waals surface area contributed by atoms with Gasteiger partial charge in [0.1, 0.15) is 11.9 Å². The van der Waals surface area contributed by atoms with Gasteiger partial charge in [-0.25, -0.2) is 4.99 Å². The minimum atomic E-state index is -0.673. The first-order chi connectivity index (χ1) is 12.7. The molecule has 1 unspecified atom stereocenters. The molecule has 0 aliphatic carbocycles. The fraction of sp³-hybridized carbons (Fsp3) is 0.318. The molecule has 2 aliphatic heterocycles. The van der Waals surface area contributed by atoms with Gasteiger partial charge in [-0.05, 0) is 29.8 Å². The summed E-state index contributed by atoms with van der Waals surface area (Å²) in [4.78, 5) is 9.62. The van der Waals surface area contributed by atoms with Gasteiger partial charge in [-0.2, -0.15) is 0 Å². The second-order valence-electron chi connectivity index (χ2n) is 7.09. The largest absolute Gasteiger partial charge is 0.382 e. The number of aliphatic hydroxyl groups is 1. The Labute approximate surface area is 155 Å². The van der Waals surface area contributed by atoms with Crippen LogP contribution in [0.5, 0.6) is 0 Å². The topological polar surface area (TPSA) is 39.1 Å². The molecule has 4 nitrogen and oxygen atoms in total. The lowest BCUT2D eigenvalue weighted by molar-refractivity contribution is 0.186. The predicted octanol–water partition coefficient (Wildman–Crippen LogP) is 2.96. The van der Waals surface area contributed by atoms with Gasteiger partial charge >= 0.3 is 0 Å². The standard InChI is InChI=1S/C22H25N3O/c1-24-11-13-25(14-12-24)21-16-18-9-5-6-10-19(18)22(26)20(23-21)15-17-7-3-2-4-8-17/h2-10,16,22,26H,11-15H2,1H3. The predicted molar refractivity (Wildman–Crippen MR) is 106 cm³/mol. The Bertz CT molecular complexity index is 820. The summed E-state index contributed by atoms with van der Waals surface area (Å²) in [5, 5.41) is 11.0. The molecule has 2 aromatic rings. The SMILES string of the molecule is CN1CCN(C2=Cc3ccccc3C(O)C(Cc3ccccc3)=N2)CC1. The number of benzene rings is 2. The fourth-order valence-electron chi connectivity index (χ4n) is 3.59. The molecule has 2 heterocycles. The summed E-state index contributed by atoms with van der Waals surface area (Å²) in [5.74, 6) is 0.966. The molecular formula is C22H25N3O. The molecule has 0 amide bonds. The molecule has 0 saturated carbocycles. The van der Waals surface area contributed by atoms with E-state index in [0.717, 1.165) is 48.8 Å². The number of aliphatic hydroxyl groups excluding tert-OH is 1. The van der Waals surface area contributed by atoms with Crippen LogP contribution in [-0.4, -0.2) is 53.8 Å². The molecule has 4 rings (SSSR count). The second-order valence-corrected chi connectivity index (χ2v) is 7.09. The molecule has 1 fully saturated rings. The highest BCUT2D eigenvalue weighted by molar-refractivity contribution is 5.94. The number of fused-ring (bicyclic) bond motifs is 1. The zero-order chi connectivity index (χ0) is 17.9. The van der Waals surface area contributed by atoms with Gasteiger partial charge in [0.15, 0.2) is 0 Å². The van der Waals surface area contributed by atoms with Gasteiger partial charge < -0.3 is 14.9 Å². The van der Waals surface area contributed by atoms with Crippen LogP contribution in [-0.2, 0) is 6.42 Å². The first-order valence-corrected chi connectivity index (χ1v) is 9.24. The lowest BCUT2D eigenvalue weighted by Gasteiger charge is -2.34. The monoisotopic (exact) mass is 347 g/mol. The van der Waals surface area contributed by atoms with E-state index in [4.69, 9.17) is 4.99 Å². The van der Waals surface area contributed by atoms with Crippen LogP contribution in [0.4, 0.5) is 0 Å². The summed E-state index contributed by atoms with van der Waals surface area (Å²) < 4.78 is 0. The Morgan fingerprint density at radius 2 is 1.65 bits per heavy atom. The maximum absolute atomic E-state index is 11.0. The van der Waals surface area contributed by atoms with Crippen LogP contribution in [0.25, 0.3) is 6.08 Å². The second kappa shape index (κ2) is 7.44. The van der Waals surface area contributed by atoms with Crippen molar-refractivity contribution in [2.45, 2.75) is 12.5 Å². The van der Waals surface area contributed by atoms with Crippen molar-refractivity contribution in [3.05, 3.63) is 77.1 Å². The Kier molecular flexibility index (Phi) is 4.87. The average Bonchev–Trinajstić information content (AvgIpc) is 2.81. The Morgan fingerprint density at radius 1 is 0.962 bits per heavy atom. The summed E-state index contributed by atoms with van der Waals surface area (Å²) >= 11 is 0. The fourth-order valence-corrected chi connectivity index (χ4v) is 3.59. The van der Waals surface area contributed by atoms with Gasteiger partial charge in [0.05, 0.1) is 5.71 Å². The maximum atomic E-state index is 11.0. The number of rotatable bonds is 3. The molecule has 0 aromatic heterocycles. The van der Waals surface area contributed by atoms with Crippen LogP contribution in [0.15, 0.2) is 65.4 Å². The van der Waals surface area contributed by atoms with Crippen molar-refractivity contribution in [3.8, 4) is 0 Å². The summed E-state index contributed by atoms with van der Waals surface area (Å²) in [6.45, 7) is 3.99. The Balaban J connectivity index is 1.71. The number of hydrogen-bond acceptors (Lipinski definition) is 4. The molecule has 1 atom stereocenters. The zero-order valence-electron chi connectivity index (χ0n) is 15.2. The first-order valence-electron chi connectivity index (χ1n) is 9.24. The minimum Gasteiger partial charge on any atom is -0.382 e. The van der Waals surface area contributed by atoms with Crippen molar-refractivity contribution in [1.29, 1.82) is 0 Å². The lowest BCUT2D eigenvalue weighted by Crippen LogP contribution is -2.43. The minimum absolute atomic E-state index is 0.654. The van der Waals surface area contributed by atoms with E-state index in [1.807, 2.05) is 36.4 Å². The van der Waals surface area contributed by atoms with E-state index in [1.165, 1.54) is 5.56 Å². The molecular weight excluding hydrogens is 322 g/mol. The maximum Gasteiger partial charge on any atom is 0.129 e. The van der Waals surface area contributed by atoms with E-state index in [2.05, 4.69) is 41.1 Å². The summed E-state index contributed by atoms with van der Waals surface area (Å²) in [7, 11) is 2.15. The van der Waals surface area contributed by atoms with Crippen molar-refractivity contribution in [2.24, 2.45) is 4.99 Å². The number of nitrogens with zero attached hydrogens (tertiary/aromatic N) is 3. The third-order valence-corrected chi connectivity index (χ3v) is 5.20. The van der Waals surface area contributed by atoms with Crippen LogP contribution in [0.2, 0.25) is 0 Å². The van der Waals surface area contributed by atoms with E-state index in [0.29, 0.717) is 6.42 Å². The molecule has 1 N–H and O–H groups in total. The van der Waals surface area contributed by atoms with Crippen LogP contribution >= 0.6 is 0 Å². The van der Waals surface area contributed by atoms with E-state index in [9.17, 15) is 5.11 Å².